The van der Waals surface area contributed by atoms with Crippen molar-refractivity contribution in [3.63, 3.8) is 0 Å². The van der Waals surface area contributed by atoms with Gasteiger partial charge in [0, 0.05) is 20.6 Å². The molecule has 0 fully saturated rings. The maximum Gasteiger partial charge on any atom is 0.332 e. The number of hydrogen-bond donors (Lipinski definition) is 1. The minimum absolute atomic E-state index is 0.114. The first-order chi connectivity index (χ1) is 16.5. The lowest BCUT2D eigenvalue weighted by atomic mass is 10.0. The van der Waals surface area contributed by atoms with E-state index in [1.807, 2.05) is 4.57 Å². The molecular weight excluding hydrogens is 428 g/mol. The second-order valence-corrected chi connectivity index (χ2v) is 10.00. The zero-order valence-corrected chi connectivity index (χ0v) is 21.9. The number of nitrogens with zero attached hydrogens (tertiary/aromatic N) is 4. The lowest BCUT2D eigenvalue weighted by Crippen LogP contribution is -2.37. The molecule has 1 N–H and O–H groups in total. The van der Waals surface area contributed by atoms with Crippen molar-refractivity contribution in [2.75, 3.05) is 0 Å². The number of aliphatic hydroxyl groups is 1. The van der Waals surface area contributed by atoms with E-state index in [0.717, 1.165) is 43.2 Å². The van der Waals surface area contributed by atoms with Crippen molar-refractivity contribution < 1.29 is 5.11 Å². The van der Waals surface area contributed by atoms with Crippen LogP contribution in [0.3, 0.4) is 0 Å². The van der Waals surface area contributed by atoms with Gasteiger partial charge in [0.2, 0.25) is 0 Å². The normalized spacial score (nSPS) is 12.6. The molecule has 0 aromatic carbocycles. The first kappa shape index (κ1) is 28.3. The van der Waals surface area contributed by atoms with E-state index in [9.17, 15) is 14.7 Å². The van der Waals surface area contributed by atoms with Crippen molar-refractivity contribution >= 4 is 11.2 Å². The van der Waals surface area contributed by atoms with Crippen molar-refractivity contribution in [1.29, 1.82) is 0 Å². The van der Waals surface area contributed by atoms with E-state index in [2.05, 4.69) is 11.9 Å². The number of aryl methyl sites for hydroxylation is 2. The molecule has 0 aliphatic rings. The Morgan fingerprint density at radius 1 is 0.765 bits per heavy atom. The minimum atomic E-state index is -0.344. The Morgan fingerprint density at radius 2 is 1.26 bits per heavy atom. The summed E-state index contributed by atoms with van der Waals surface area (Å²) in [6.07, 6.45) is 22.1. The zero-order chi connectivity index (χ0) is 24.8. The summed E-state index contributed by atoms with van der Waals surface area (Å²) in [5, 5.41) is 10.2. The largest absolute Gasteiger partial charge is 0.393 e. The van der Waals surface area contributed by atoms with Gasteiger partial charge in [-0.05, 0) is 19.3 Å². The van der Waals surface area contributed by atoms with Crippen LogP contribution in [0.1, 0.15) is 116 Å². The van der Waals surface area contributed by atoms with Crippen LogP contribution in [0.2, 0.25) is 0 Å². The van der Waals surface area contributed by atoms with E-state index < -0.39 is 0 Å². The first-order valence-corrected chi connectivity index (χ1v) is 13.8. The fourth-order valence-corrected chi connectivity index (χ4v) is 4.77. The van der Waals surface area contributed by atoms with Crippen LogP contribution in [0.15, 0.2) is 15.9 Å². The minimum Gasteiger partial charge on any atom is -0.393 e. The summed E-state index contributed by atoms with van der Waals surface area (Å²) in [4.78, 5) is 28.8. The molecule has 0 amide bonds. The number of hydrogen-bond acceptors (Lipinski definition) is 4. The van der Waals surface area contributed by atoms with Crippen molar-refractivity contribution in [1.82, 2.24) is 18.7 Å². The summed E-state index contributed by atoms with van der Waals surface area (Å²) in [6, 6.07) is 0. The van der Waals surface area contributed by atoms with E-state index in [4.69, 9.17) is 0 Å². The predicted molar refractivity (Wildman–Crippen MR) is 140 cm³/mol. The predicted octanol–water partition coefficient (Wildman–Crippen LogP) is 5.45. The molecule has 0 bridgehead atoms. The Morgan fingerprint density at radius 3 is 1.82 bits per heavy atom. The van der Waals surface area contributed by atoms with E-state index >= 15 is 0 Å². The van der Waals surface area contributed by atoms with Crippen LogP contribution in [0.25, 0.3) is 11.2 Å². The Kier molecular flexibility index (Phi) is 13.3. The molecule has 0 saturated carbocycles. The number of rotatable bonds is 19. The van der Waals surface area contributed by atoms with Crippen LogP contribution in [0.5, 0.6) is 0 Å². The molecule has 2 heterocycles. The van der Waals surface area contributed by atoms with E-state index in [0.29, 0.717) is 11.2 Å². The fourth-order valence-electron chi connectivity index (χ4n) is 4.77. The number of fused-ring (bicyclic) bond motifs is 1. The van der Waals surface area contributed by atoms with Crippen LogP contribution in [-0.2, 0) is 20.6 Å². The monoisotopic (exact) mass is 476 g/mol. The SMILES string of the molecule is CCCCCCCCCCC(O)CCCCCCCCCn1cnc2c1c(=O)n(C)c(=O)n2C. The maximum absolute atomic E-state index is 12.5. The molecule has 2 aromatic heterocycles. The van der Waals surface area contributed by atoms with Gasteiger partial charge in [-0.1, -0.05) is 96.8 Å². The van der Waals surface area contributed by atoms with Crippen LogP contribution in [0.4, 0.5) is 0 Å². The first-order valence-electron chi connectivity index (χ1n) is 13.8. The lowest BCUT2D eigenvalue weighted by Gasteiger charge is -2.10. The number of unbranched alkanes of at least 4 members (excludes halogenated alkanes) is 13. The Labute approximate surface area is 205 Å². The molecule has 7 nitrogen and oxygen atoms in total. The van der Waals surface area contributed by atoms with Crippen molar-refractivity contribution in [2.24, 2.45) is 14.1 Å². The topological polar surface area (TPSA) is 82.1 Å². The maximum atomic E-state index is 12.5. The van der Waals surface area contributed by atoms with Gasteiger partial charge < -0.3 is 9.67 Å². The lowest BCUT2D eigenvalue weighted by molar-refractivity contribution is 0.147. The molecule has 2 aromatic rings. The van der Waals surface area contributed by atoms with E-state index in [1.165, 1.54) is 88.7 Å². The summed E-state index contributed by atoms with van der Waals surface area (Å²) in [5.74, 6) is 0. The van der Waals surface area contributed by atoms with Crippen LogP contribution in [0, 0.1) is 0 Å². The van der Waals surface area contributed by atoms with Gasteiger partial charge in [0.25, 0.3) is 5.56 Å². The third-order valence-corrected chi connectivity index (χ3v) is 7.04. The van der Waals surface area contributed by atoms with Gasteiger partial charge in [0.15, 0.2) is 11.2 Å². The second kappa shape index (κ2) is 15.9. The highest BCUT2D eigenvalue weighted by molar-refractivity contribution is 5.69. The van der Waals surface area contributed by atoms with E-state index in [1.54, 1.807) is 13.4 Å². The zero-order valence-electron chi connectivity index (χ0n) is 21.9. The molecule has 0 aliphatic carbocycles. The molecule has 2 rings (SSSR count). The number of aliphatic hydroxyl groups excluding tert-OH is 1. The van der Waals surface area contributed by atoms with Gasteiger partial charge in [-0.15, -0.1) is 0 Å². The van der Waals surface area contributed by atoms with Gasteiger partial charge in [-0.25, -0.2) is 9.78 Å². The Balaban J connectivity index is 1.48. The quantitative estimate of drug-likeness (QED) is 0.274. The standard InChI is InChI=1S/C27H48N4O3/c1-4-5-6-7-8-10-13-16-19-23(32)20-17-14-11-9-12-15-18-21-31-22-28-25-24(31)26(33)30(3)27(34)29(25)2/h22-23,32H,4-21H2,1-3H3. The van der Waals surface area contributed by atoms with Gasteiger partial charge >= 0.3 is 5.69 Å². The molecule has 7 heteroatoms. The highest BCUT2D eigenvalue weighted by Crippen LogP contribution is 2.15. The fraction of sp³-hybridized carbons (Fsp3) is 0.815. The van der Waals surface area contributed by atoms with Crippen molar-refractivity contribution in [2.45, 2.75) is 129 Å². The molecule has 0 saturated heterocycles. The molecule has 0 radical (unpaired) electrons. The second-order valence-electron chi connectivity index (χ2n) is 10.00. The van der Waals surface area contributed by atoms with Gasteiger partial charge in [0.05, 0.1) is 12.4 Å². The van der Waals surface area contributed by atoms with Gasteiger partial charge in [-0.3, -0.25) is 13.9 Å². The van der Waals surface area contributed by atoms with Crippen molar-refractivity contribution in [3.8, 4) is 0 Å². The van der Waals surface area contributed by atoms with Crippen LogP contribution in [-0.4, -0.2) is 29.9 Å². The Bertz CT molecular complexity index is 944. The van der Waals surface area contributed by atoms with Gasteiger partial charge in [-0.2, -0.15) is 0 Å². The molecular formula is C27H48N4O3. The highest BCUT2D eigenvalue weighted by atomic mass is 16.3. The third kappa shape index (κ3) is 9.05. The summed E-state index contributed by atoms with van der Waals surface area (Å²) in [5.41, 5.74) is 0.344. The summed E-state index contributed by atoms with van der Waals surface area (Å²) >= 11 is 0. The number of imidazole rings is 1. The highest BCUT2D eigenvalue weighted by Gasteiger charge is 2.13. The third-order valence-electron chi connectivity index (χ3n) is 7.04. The molecule has 1 atom stereocenters. The van der Waals surface area contributed by atoms with Gasteiger partial charge in [0.1, 0.15) is 0 Å². The number of aromatic nitrogens is 4. The van der Waals surface area contributed by atoms with Crippen molar-refractivity contribution in [3.05, 3.63) is 27.2 Å². The smallest absolute Gasteiger partial charge is 0.332 e. The Hall–Kier alpha value is -1.89. The summed E-state index contributed by atoms with van der Waals surface area (Å²) in [6.45, 7) is 3.00. The molecule has 194 valence electrons. The van der Waals surface area contributed by atoms with Crippen LogP contribution >= 0.6 is 0 Å². The molecule has 0 aliphatic heterocycles. The molecule has 1 unspecified atom stereocenters. The molecule has 34 heavy (non-hydrogen) atoms. The van der Waals surface area contributed by atoms with E-state index in [-0.39, 0.29) is 17.4 Å². The summed E-state index contributed by atoms with van der Waals surface area (Å²) in [7, 11) is 3.16. The average Bonchev–Trinajstić information content (AvgIpc) is 3.26. The molecule has 0 spiro atoms. The van der Waals surface area contributed by atoms with Crippen LogP contribution < -0.4 is 11.2 Å². The average molecular weight is 477 g/mol. The summed E-state index contributed by atoms with van der Waals surface area (Å²) < 4.78 is 4.46.